The van der Waals surface area contributed by atoms with Crippen LogP contribution < -0.4 is 16.0 Å². The molecule has 0 aliphatic carbocycles. The predicted molar refractivity (Wildman–Crippen MR) is 68.9 cm³/mol. The van der Waals surface area contributed by atoms with Crippen molar-refractivity contribution in [3.8, 4) is 5.88 Å². The van der Waals surface area contributed by atoms with E-state index in [0.29, 0.717) is 11.6 Å². The molecule has 1 atom stereocenters. The molecule has 2 rings (SSSR count). The first kappa shape index (κ1) is 12.5. The molecule has 5 heteroatoms. The van der Waals surface area contributed by atoms with Crippen LogP contribution in [0, 0.1) is 6.92 Å². The van der Waals surface area contributed by atoms with Crippen molar-refractivity contribution in [2.45, 2.75) is 13.0 Å². The molecule has 1 heterocycles. The highest BCUT2D eigenvalue weighted by Crippen LogP contribution is 2.25. The topological polar surface area (TPSA) is 73.1 Å². The highest BCUT2D eigenvalue weighted by Gasteiger charge is 2.19. The summed E-state index contributed by atoms with van der Waals surface area (Å²) in [6.07, 6.45) is 3.21. The molecule has 3 N–H and O–H groups in total. The molecule has 0 saturated carbocycles. The fourth-order valence-electron chi connectivity index (χ4n) is 1.87. The van der Waals surface area contributed by atoms with Gasteiger partial charge in [0.15, 0.2) is 0 Å². The normalized spacial score (nSPS) is 12.2. The van der Waals surface area contributed by atoms with Gasteiger partial charge in [0.2, 0.25) is 5.88 Å². The van der Waals surface area contributed by atoms with Crippen molar-refractivity contribution in [1.82, 2.24) is 15.4 Å². The number of hydrazine groups is 1. The maximum absolute atomic E-state index is 5.64. The second kappa shape index (κ2) is 5.57. The average Bonchev–Trinajstić information content (AvgIpc) is 2.40. The van der Waals surface area contributed by atoms with Gasteiger partial charge in [0.1, 0.15) is 5.69 Å². The minimum Gasteiger partial charge on any atom is -0.480 e. The molecule has 0 aliphatic heterocycles. The Hall–Kier alpha value is -1.98. The molecule has 0 fully saturated rings. The van der Waals surface area contributed by atoms with E-state index in [4.69, 9.17) is 10.6 Å². The molecule has 0 saturated heterocycles. The van der Waals surface area contributed by atoms with E-state index in [2.05, 4.69) is 21.5 Å². The van der Waals surface area contributed by atoms with Crippen molar-refractivity contribution in [2.24, 2.45) is 5.84 Å². The SMILES string of the molecule is COc1nccnc1C(NN)c1cccc(C)c1. The van der Waals surface area contributed by atoms with Crippen LogP contribution in [0.4, 0.5) is 0 Å². The molecule has 0 spiro atoms. The van der Waals surface area contributed by atoms with E-state index in [1.54, 1.807) is 19.5 Å². The summed E-state index contributed by atoms with van der Waals surface area (Å²) < 4.78 is 5.21. The van der Waals surface area contributed by atoms with Gasteiger partial charge in [-0.25, -0.2) is 10.4 Å². The lowest BCUT2D eigenvalue weighted by molar-refractivity contribution is 0.383. The van der Waals surface area contributed by atoms with E-state index in [1.165, 1.54) is 0 Å². The van der Waals surface area contributed by atoms with Crippen molar-refractivity contribution in [3.05, 3.63) is 53.5 Å². The lowest BCUT2D eigenvalue weighted by Crippen LogP contribution is -2.30. The standard InChI is InChI=1S/C13H16N4O/c1-9-4-3-5-10(8-9)11(17-14)12-13(18-2)16-7-6-15-12/h3-8,11,17H,14H2,1-2H3. The van der Waals surface area contributed by atoms with Gasteiger partial charge in [-0.3, -0.25) is 10.8 Å². The zero-order valence-corrected chi connectivity index (χ0v) is 10.4. The Balaban J connectivity index is 2.45. The Kier molecular flexibility index (Phi) is 3.86. The molecule has 0 aliphatic rings. The predicted octanol–water partition coefficient (Wildman–Crippen LogP) is 1.35. The minimum atomic E-state index is -0.242. The average molecular weight is 244 g/mol. The van der Waals surface area contributed by atoms with Gasteiger partial charge in [-0.05, 0) is 12.5 Å². The number of aryl methyl sites for hydroxylation is 1. The third kappa shape index (κ3) is 2.47. The number of benzene rings is 1. The number of aromatic nitrogens is 2. The fraction of sp³-hybridized carbons (Fsp3) is 0.231. The highest BCUT2D eigenvalue weighted by atomic mass is 16.5. The molecule has 2 aromatic rings. The van der Waals surface area contributed by atoms with Gasteiger partial charge in [0, 0.05) is 12.4 Å². The van der Waals surface area contributed by atoms with Crippen molar-refractivity contribution in [2.75, 3.05) is 7.11 Å². The number of methoxy groups -OCH3 is 1. The quantitative estimate of drug-likeness (QED) is 0.627. The summed E-state index contributed by atoms with van der Waals surface area (Å²) in [5, 5.41) is 0. The van der Waals surface area contributed by atoms with E-state index >= 15 is 0 Å². The third-order valence-corrected chi connectivity index (χ3v) is 2.70. The summed E-state index contributed by atoms with van der Waals surface area (Å²) in [7, 11) is 1.57. The molecular formula is C13H16N4O. The zero-order valence-electron chi connectivity index (χ0n) is 10.4. The summed E-state index contributed by atoms with van der Waals surface area (Å²) in [6.45, 7) is 2.03. The first-order valence-electron chi connectivity index (χ1n) is 5.64. The molecule has 18 heavy (non-hydrogen) atoms. The zero-order chi connectivity index (χ0) is 13.0. The van der Waals surface area contributed by atoms with Gasteiger partial charge >= 0.3 is 0 Å². The van der Waals surface area contributed by atoms with Crippen LogP contribution in [-0.4, -0.2) is 17.1 Å². The van der Waals surface area contributed by atoms with Gasteiger partial charge in [0.05, 0.1) is 13.2 Å². The molecule has 5 nitrogen and oxygen atoms in total. The van der Waals surface area contributed by atoms with Crippen LogP contribution in [-0.2, 0) is 0 Å². The Morgan fingerprint density at radius 3 is 2.72 bits per heavy atom. The van der Waals surface area contributed by atoms with Crippen molar-refractivity contribution < 1.29 is 4.74 Å². The first-order valence-corrected chi connectivity index (χ1v) is 5.64. The monoisotopic (exact) mass is 244 g/mol. The van der Waals surface area contributed by atoms with Gasteiger partial charge in [-0.1, -0.05) is 29.8 Å². The van der Waals surface area contributed by atoms with Crippen LogP contribution in [0.1, 0.15) is 22.9 Å². The molecule has 0 bridgehead atoms. The first-order chi connectivity index (χ1) is 8.76. The van der Waals surface area contributed by atoms with Crippen molar-refractivity contribution in [3.63, 3.8) is 0 Å². The Morgan fingerprint density at radius 2 is 2.06 bits per heavy atom. The van der Waals surface area contributed by atoms with E-state index < -0.39 is 0 Å². The van der Waals surface area contributed by atoms with E-state index in [0.717, 1.165) is 11.1 Å². The molecule has 1 unspecified atom stereocenters. The van der Waals surface area contributed by atoms with E-state index in [-0.39, 0.29) is 6.04 Å². The Morgan fingerprint density at radius 1 is 1.28 bits per heavy atom. The number of hydrogen-bond donors (Lipinski definition) is 2. The number of hydrogen-bond acceptors (Lipinski definition) is 5. The Bertz CT molecular complexity index is 530. The summed E-state index contributed by atoms with van der Waals surface area (Å²) in [5.74, 6) is 6.11. The molecule has 1 aromatic carbocycles. The summed E-state index contributed by atoms with van der Waals surface area (Å²) >= 11 is 0. The molecule has 94 valence electrons. The maximum atomic E-state index is 5.64. The van der Waals surface area contributed by atoms with Gasteiger partial charge < -0.3 is 4.74 Å². The smallest absolute Gasteiger partial charge is 0.237 e. The van der Waals surface area contributed by atoms with Gasteiger partial charge in [-0.15, -0.1) is 0 Å². The van der Waals surface area contributed by atoms with E-state index in [9.17, 15) is 0 Å². The van der Waals surface area contributed by atoms with Gasteiger partial charge in [0.25, 0.3) is 0 Å². The Labute approximate surface area is 106 Å². The van der Waals surface area contributed by atoms with Crippen LogP contribution in [0.2, 0.25) is 0 Å². The summed E-state index contributed by atoms with van der Waals surface area (Å²) in [6, 6.07) is 7.82. The second-order valence-electron chi connectivity index (χ2n) is 3.96. The molecule has 0 radical (unpaired) electrons. The number of nitrogens with two attached hydrogens (primary N) is 1. The summed E-state index contributed by atoms with van der Waals surface area (Å²) in [4.78, 5) is 8.43. The number of rotatable bonds is 4. The molecule has 0 amide bonds. The largest absolute Gasteiger partial charge is 0.480 e. The number of nitrogens with one attached hydrogen (secondary N) is 1. The lowest BCUT2D eigenvalue weighted by atomic mass is 10.0. The van der Waals surface area contributed by atoms with Crippen LogP contribution in [0.5, 0.6) is 5.88 Å². The number of ether oxygens (including phenoxy) is 1. The van der Waals surface area contributed by atoms with Crippen LogP contribution >= 0.6 is 0 Å². The van der Waals surface area contributed by atoms with E-state index in [1.807, 2.05) is 25.1 Å². The van der Waals surface area contributed by atoms with Crippen LogP contribution in [0.25, 0.3) is 0 Å². The highest BCUT2D eigenvalue weighted by molar-refractivity contribution is 5.34. The number of nitrogens with zero attached hydrogens (tertiary/aromatic N) is 2. The fourth-order valence-corrected chi connectivity index (χ4v) is 1.87. The van der Waals surface area contributed by atoms with Crippen molar-refractivity contribution >= 4 is 0 Å². The molecule has 1 aromatic heterocycles. The minimum absolute atomic E-state index is 0.242. The van der Waals surface area contributed by atoms with Crippen molar-refractivity contribution in [1.29, 1.82) is 0 Å². The lowest BCUT2D eigenvalue weighted by Gasteiger charge is -2.17. The van der Waals surface area contributed by atoms with Gasteiger partial charge in [-0.2, -0.15) is 0 Å². The third-order valence-electron chi connectivity index (χ3n) is 2.70. The molecular weight excluding hydrogens is 228 g/mol. The van der Waals surface area contributed by atoms with Crippen LogP contribution in [0.3, 0.4) is 0 Å². The summed E-state index contributed by atoms with van der Waals surface area (Å²) in [5.41, 5.74) is 5.62. The maximum Gasteiger partial charge on any atom is 0.237 e. The second-order valence-corrected chi connectivity index (χ2v) is 3.96. The van der Waals surface area contributed by atoms with Crippen LogP contribution in [0.15, 0.2) is 36.7 Å².